The molecule has 0 spiro atoms. The molecule has 1 fully saturated rings. The number of methoxy groups -OCH3 is 1. The van der Waals surface area contributed by atoms with Gasteiger partial charge in [-0.05, 0) is 32.0 Å². The molecule has 104 valence electrons. The third kappa shape index (κ3) is 2.81. The lowest BCUT2D eigenvalue weighted by molar-refractivity contribution is -0.123. The van der Waals surface area contributed by atoms with Gasteiger partial charge < -0.3 is 20.7 Å². The molecule has 2 rings (SSSR count). The number of nitrogens with one attached hydrogen (secondary N) is 1. The van der Waals surface area contributed by atoms with Crippen LogP contribution in [-0.4, -0.2) is 43.6 Å². The van der Waals surface area contributed by atoms with Crippen LogP contribution in [0.3, 0.4) is 0 Å². The highest BCUT2D eigenvalue weighted by Gasteiger charge is 2.39. The first-order valence-electron chi connectivity index (χ1n) is 6.47. The van der Waals surface area contributed by atoms with Crippen LogP contribution in [0.25, 0.3) is 0 Å². The second-order valence-electron chi connectivity index (χ2n) is 5.07. The zero-order valence-corrected chi connectivity index (χ0v) is 11.5. The third-order valence-corrected chi connectivity index (χ3v) is 3.79. The van der Waals surface area contributed by atoms with Crippen LogP contribution in [0.5, 0.6) is 5.75 Å². The fourth-order valence-corrected chi connectivity index (χ4v) is 2.44. The average Bonchev–Trinajstić information content (AvgIpc) is 2.42. The lowest BCUT2D eigenvalue weighted by atomic mass is 9.86. The summed E-state index contributed by atoms with van der Waals surface area (Å²) in [6.45, 7) is 1.70. The quantitative estimate of drug-likeness (QED) is 0.852. The number of rotatable bonds is 4. The Morgan fingerprint density at radius 2 is 2.00 bits per heavy atom. The minimum atomic E-state index is -0.679. The van der Waals surface area contributed by atoms with Gasteiger partial charge in [0.2, 0.25) is 5.91 Å². The summed E-state index contributed by atoms with van der Waals surface area (Å²) in [5.41, 5.74) is 5.76. The number of nitrogens with zero attached hydrogens (tertiary/aromatic N) is 1. The van der Waals surface area contributed by atoms with Crippen LogP contribution in [0.2, 0.25) is 0 Å². The van der Waals surface area contributed by atoms with Gasteiger partial charge in [0.05, 0.1) is 12.8 Å². The fraction of sp³-hybridized carbons (Fsp3) is 0.500. The number of ether oxygens (including phenoxy) is 1. The number of likely N-dealkylation sites (tertiary alicyclic amines) is 1. The lowest BCUT2D eigenvalue weighted by Gasteiger charge is -2.39. The number of piperidine rings is 1. The van der Waals surface area contributed by atoms with Crippen molar-refractivity contribution in [2.75, 3.05) is 32.6 Å². The third-order valence-electron chi connectivity index (χ3n) is 3.79. The Morgan fingerprint density at radius 1 is 1.37 bits per heavy atom. The van der Waals surface area contributed by atoms with Crippen molar-refractivity contribution in [3.8, 4) is 5.75 Å². The molecule has 1 aromatic rings. The second-order valence-corrected chi connectivity index (χ2v) is 5.07. The van der Waals surface area contributed by atoms with Crippen LogP contribution < -0.4 is 15.8 Å². The number of hydrogen-bond donors (Lipinski definition) is 2. The number of carbonyl (C=O) groups is 1. The normalized spacial score (nSPS) is 18.8. The van der Waals surface area contributed by atoms with Gasteiger partial charge in [0, 0.05) is 13.1 Å². The van der Waals surface area contributed by atoms with Crippen molar-refractivity contribution in [3.63, 3.8) is 0 Å². The van der Waals surface area contributed by atoms with E-state index in [1.165, 1.54) is 0 Å². The van der Waals surface area contributed by atoms with Gasteiger partial charge in [-0.15, -0.1) is 0 Å². The Labute approximate surface area is 113 Å². The van der Waals surface area contributed by atoms with Crippen molar-refractivity contribution in [2.45, 2.75) is 18.4 Å². The van der Waals surface area contributed by atoms with E-state index in [0.717, 1.165) is 24.5 Å². The highest BCUT2D eigenvalue weighted by atomic mass is 16.5. The molecule has 0 atom stereocenters. The molecule has 0 aliphatic carbocycles. The molecule has 1 aliphatic heterocycles. The van der Waals surface area contributed by atoms with Crippen LogP contribution >= 0.6 is 0 Å². The van der Waals surface area contributed by atoms with Crippen molar-refractivity contribution in [1.82, 2.24) is 4.90 Å². The molecule has 3 N–H and O–H groups in total. The van der Waals surface area contributed by atoms with Crippen molar-refractivity contribution >= 4 is 11.6 Å². The van der Waals surface area contributed by atoms with E-state index in [9.17, 15) is 4.79 Å². The van der Waals surface area contributed by atoms with Gasteiger partial charge in [0.25, 0.3) is 0 Å². The number of nitrogens with two attached hydrogens (primary N) is 1. The summed E-state index contributed by atoms with van der Waals surface area (Å²) in [4.78, 5) is 14.1. The van der Waals surface area contributed by atoms with Gasteiger partial charge in [-0.2, -0.15) is 0 Å². The first kappa shape index (κ1) is 13.7. The predicted molar refractivity (Wildman–Crippen MR) is 75.3 cm³/mol. The zero-order valence-electron chi connectivity index (χ0n) is 11.5. The van der Waals surface area contributed by atoms with Crippen LogP contribution in [0.4, 0.5) is 5.69 Å². The maximum Gasteiger partial charge on any atom is 0.243 e. The van der Waals surface area contributed by atoms with Crippen molar-refractivity contribution in [2.24, 2.45) is 5.73 Å². The molecule has 0 radical (unpaired) electrons. The molecule has 5 heteroatoms. The van der Waals surface area contributed by atoms with Crippen LogP contribution in [-0.2, 0) is 4.79 Å². The summed E-state index contributed by atoms with van der Waals surface area (Å²) in [5, 5.41) is 3.31. The molecule has 1 aliphatic rings. The molecule has 5 nitrogen and oxygen atoms in total. The summed E-state index contributed by atoms with van der Waals surface area (Å²) in [7, 11) is 3.67. The van der Waals surface area contributed by atoms with E-state index in [2.05, 4.69) is 10.2 Å². The maximum atomic E-state index is 11.9. The molecule has 1 heterocycles. The van der Waals surface area contributed by atoms with E-state index in [0.29, 0.717) is 12.8 Å². The number of amides is 1. The van der Waals surface area contributed by atoms with E-state index < -0.39 is 5.54 Å². The first-order chi connectivity index (χ1) is 9.07. The second kappa shape index (κ2) is 5.48. The Bertz CT molecular complexity index is 454. The van der Waals surface area contributed by atoms with Crippen LogP contribution in [0.15, 0.2) is 24.3 Å². The molecule has 1 amide bonds. The Morgan fingerprint density at radius 3 is 2.58 bits per heavy atom. The summed E-state index contributed by atoms with van der Waals surface area (Å²) in [5.74, 6) is 0.425. The topological polar surface area (TPSA) is 67.6 Å². The van der Waals surface area contributed by atoms with Gasteiger partial charge >= 0.3 is 0 Å². The van der Waals surface area contributed by atoms with Crippen molar-refractivity contribution < 1.29 is 9.53 Å². The van der Waals surface area contributed by atoms with Gasteiger partial charge in [-0.1, -0.05) is 12.1 Å². The van der Waals surface area contributed by atoms with E-state index in [4.69, 9.17) is 10.5 Å². The predicted octanol–water partition coefficient (Wildman–Crippen LogP) is 1.06. The van der Waals surface area contributed by atoms with Crippen LogP contribution in [0, 0.1) is 0 Å². The summed E-state index contributed by atoms with van der Waals surface area (Å²) in [6, 6.07) is 7.58. The number of para-hydroxylation sites is 2. The molecule has 0 saturated carbocycles. The Hall–Kier alpha value is -1.75. The molecular weight excluding hydrogens is 242 g/mol. The highest BCUT2D eigenvalue weighted by Crippen LogP contribution is 2.31. The van der Waals surface area contributed by atoms with Crippen molar-refractivity contribution in [1.29, 1.82) is 0 Å². The smallest absolute Gasteiger partial charge is 0.243 e. The first-order valence-corrected chi connectivity index (χ1v) is 6.47. The monoisotopic (exact) mass is 263 g/mol. The van der Waals surface area contributed by atoms with Crippen LogP contribution in [0.1, 0.15) is 12.8 Å². The highest BCUT2D eigenvalue weighted by molar-refractivity contribution is 5.88. The molecule has 0 unspecified atom stereocenters. The largest absolute Gasteiger partial charge is 0.495 e. The summed E-state index contributed by atoms with van der Waals surface area (Å²) < 4.78 is 5.31. The molecule has 0 aromatic heterocycles. The molecule has 19 heavy (non-hydrogen) atoms. The van der Waals surface area contributed by atoms with Gasteiger partial charge in [-0.3, -0.25) is 4.79 Å². The number of anilines is 1. The minimum absolute atomic E-state index is 0.300. The molecule has 1 saturated heterocycles. The molecule has 0 bridgehead atoms. The van der Waals surface area contributed by atoms with Gasteiger partial charge in [0.1, 0.15) is 11.3 Å². The fourth-order valence-electron chi connectivity index (χ4n) is 2.44. The summed E-state index contributed by atoms with van der Waals surface area (Å²) in [6.07, 6.45) is 1.41. The van der Waals surface area contributed by atoms with E-state index in [1.807, 2.05) is 31.3 Å². The molecule has 1 aromatic carbocycles. The molecular formula is C14H21N3O2. The standard InChI is InChI=1S/C14H21N3O2/c1-17-9-7-14(8-10-17,13(15)18)16-11-5-3-4-6-12(11)19-2/h3-6,16H,7-10H2,1-2H3,(H2,15,18). The average molecular weight is 263 g/mol. The zero-order chi connectivity index (χ0) is 13.9. The number of benzene rings is 1. The maximum absolute atomic E-state index is 11.9. The van der Waals surface area contributed by atoms with Gasteiger partial charge in [0.15, 0.2) is 0 Å². The number of carbonyl (C=O) groups excluding carboxylic acids is 1. The van der Waals surface area contributed by atoms with E-state index >= 15 is 0 Å². The minimum Gasteiger partial charge on any atom is -0.495 e. The summed E-state index contributed by atoms with van der Waals surface area (Å²) >= 11 is 0. The van der Waals surface area contributed by atoms with Gasteiger partial charge in [-0.25, -0.2) is 0 Å². The number of primary amides is 1. The SMILES string of the molecule is COc1ccccc1NC1(C(N)=O)CCN(C)CC1. The van der Waals surface area contributed by atoms with E-state index in [-0.39, 0.29) is 5.91 Å². The van der Waals surface area contributed by atoms with E-state index in [1.54, 1.807) is 7.11 Å². The lowest BCUT2D eigenvalue weighted by Crippen LogP contribution is -2.56. The Kier molecular flexibility index (Phi) is 3.95. The van der Waals surface area contributed by atoms with Crippen molar-refractivity contribution in [3.05, 3.63) is 24.3 Å². The number of hydrogen-bond acceptors (Lipinski definition) is 4. The Balaban J connectivity index is 2.24.